The summed E-state index contributed by atoms with van der Waals surface area (Å²) in [4.78, 5) is 6.35. The summed E-state index contributed by atoms with van der Waals surface area (Å²) in [5.74, 6) is 0.799. The van der Waals surface area contributed by atoms with E-state index in [0.717, 1.165) is 19.4 Å². The lowest BCUT2D eigenvalue weighted by Gasteiger charge is -2.25. The van der Waals surface area contributed by atoms with E-state index in [2.05, 4.69) is 15.0 Å². The Morgan fingerprint density at radius 2 is 2.29 bits per heavy atom. The number of rotatable bonds is 4. The predicted molar refractivity (Wildman–Crippen MR) is 73.9 cm³/mol. The maximum atomic E-state index is 13.7. The molecular weight excluding hydrogens is 273 g/mol. The molecule has 3 rings (SSSR count). The molecule has 0 spiro atoms. The monoisotopic (exact) mass is 291 g/mol. The average molecular weight is 291 g/mol. The van der Waals surface area contributed by atoms with Crippen molar-refractivity contribution in [3.05, 3.63) is 47.4 Å². The van der Waals surface area contributed by atoms with Gasteiger partial charge in [0, 0.05) is 19.0 Å². The number of aliphatic hydroxyl groups is 1. The molecule has 1 fully saturated rings. The van der Waals surface area contributed by atoms with Crippen LogP contribution >= 0.6 is 0 Å². The van der Waals surface area contributed by atoms with E-state index in [9.17, 15) is 9.50 Å². The van der Waals surface area contributed by atoms with Crippen LogP contribution in [-0.2, 0) is 0 Å². The van der Waals surface area contributed by atoms with Gasteiger partial charge in [-0.3, -0.25) is 4.90 Å². The summed E-state index contributed by atoms with van der Waals surface area (Å²) in [5, 5.41) is 14.2. The van der Waals surface area contributed by atoms with Crippen molar-refractivity contribution in [1.82, 2.24) is 15.0 Å². The zero-order chi connectivity index (χ0) is 14.8. The highest BCUT2D eigenvalue weighted by atomic mass is 19.1. The van der Waals surface area contributed by atoms with Crippen molar-refractivity contribution in [3.8, 4) is 0 Å². The summed E-state index contributed by atoms with van der Waals surface area (Å²) in [6.07, 6.45) is 1.06. The molecule has 21 heavy (non-hydrogen) atoms. The van der Waals surface area contributed by atoms with Gasteiger partial charge < -0.3 is 9.63 Å². The lowest BCUT2D eigenvalue weighted by Crippen LogP contribution is -2.29. The van der Waals surface area contributed by atoms with E-state index >= 15 is 0 Å². The molecule has 1 aliphatic heterocycles. The second kappa shape index (κ2) is 5.91. The van der Waals surface area contributed by atoms with Crippen LogP contribution in [-0.4, -0.2) is 33.2 Å². The van der Waals surface area contributed by atoms with Crippen LogP contribution in [0.4, 0.5) is 4.39 Å². The highest BCUT2D eigenvalue weighted by Crippen LogP contribution is 2.32. The molecule has 0 radical (unpaired) electrons. The number of aliphatic hydroxyl groups excluding tert-OH is 1. The molecule has 2 heterocycles. The first-order valence-corrected chi connectivity index (χ1v) is 7.12. The van der Waals surface area contributed by atoms with Gasteiger partial charge in [-0.15, -0.1) is 0 Å². The van der Waals surface area contributed by atoms with Gasteiger partial charge in [0.15, 0.2) is 5.82 Å². The van der Waals surface area contributed by atoms with E-state index in [4.69, 9.17) is 4.52 Å². The average Bonchev–Trinajstić information content (AvgIpc) is 3.08. The predicted octanol–water partition coefficient (Wildman–Crippen LogP) is 2.39. The standard InChI is InChI=1S/C15H18FN3O2/c1-10-17-15(18-21-10)13-7-4-8-19(13)9-14(20)11-5-2-3-6-12(11)16/h2-3,5-6,13-14,20H,4,7-9H2,1H3/t13-,14+/m0/s1. The molecule has 0 amide bonds. The minimum atomic E-state index is -0.861. The Morgan fingerprint density at radius 1 is 1.48 bits per heavy atom. The highest BCUT2D eigenvalue weighted by Gasteiger charge is 2.31. The number of hydrogen-bond acceptors (Lipinski definition) is 5. The Hall–Kier alpha value is -1.79. The number of hydrogen-bond donors (Lipinski definition) is 1. The maximum Gasteiger partial charge on any atom is 0.223 e. The summed E-state index contributed by atoms with van der Waals surface area (Å²) < 4.78 is 18.7. The molecule has 0 aliphatic carbocycles. The summed E-state index contributed by atoms with van der Waals surface area (Å²) in [6.45, 7) is 2.95. The fourth-order valence-corrected chi connectivity index (χ4v) is 2.85. The number of benzene rings is 1. The van der Waals surface area contributed by atoms with Gasteiger partial charge in [0.25, 0.3) is 0 Å². The van der Waals surface area contributed by atoms with Gasteiger partial charge in [0.2, 0.25) is 5.89 Å². The van der Waals surface area contributed by atoms with E-state index in [-0.39, 0.29) is 11.9 Å². The van der Waals surface area contributed by atoms with Gasteiger partial charge in [-0.2, -0.15) is 4.98 Å². The van der Waals surface area contributed by atoms with E-state index in [1.807, 2.05) is 0 Å². The highest BCUT2D eigenvalue weighted by molar-refractivity contribution is 5.20. The van der Waals surface area contributed by atoms with Crippen molar-refractivity contribution in [2.75, 3.05) is 13.1 Å². The number of nitrogens with zero attached hydrogens (tertiary/aromatic N) is 3. The molecular formula is C15H18FN3O2. The molecule has 2 aromatic rings. The van der Waals surface area contributed by atoms with E-state index in [1.165, 1.54) is 6.07 Å². The first kappa shape index (κ1) is 14.2. The van der Waals surface area contributed by atoms with Crippen LogP contribution in [0.25, 0.3) is 0 Å². The Labute approximate surface area is 122 Å². The Balaban J connectivity index is 1.73. The number of likely N-dealkylation sites (tertiary alicyclic amines) is 1. The smallest absolute Gasteiger partial charge is 0.223 e. The van der Waals surface area contributed by atoms with Crippen molar-refractivity contribution in [1.29, 1.82) is 0 Å². The molecule has 0 unspecified atom stereocenters. The van der Waals surface area contributed by atoms with Gasteiger partial charge >= 0.3 is 0 Å². The lowest BCUT2D eigenvalue weighted by atomic mass is 10.1. The molecule has 2 atom stereocenters. The summed E-state index contributed by atoms with van der Waals surface area (Å²) in [6, 6.07) is 6.35. The van der Waals surface area contributed by atoms with Gasteiger partial charge in [-0.25, -0.2) is 4.39 Å². The third kappa shape index (κ3) is 2.96. The van der Waals surface area contributed by atoms with Crippen LogP contribution in [0.3, 0.4) is 0 Å². The Kier molecular flexibility index (Phi) is 3.98. The minimum Gasteiger partial charge on any atom is -0.387 e. The molecule has 1 saturated heterocycles. The summed E-state index contributed by atoms with van der Waals surface area (Å²) >= 11 is 0. The molecule has 1 aliphatic rings. The molecule has 112 valence electrons. The van der Waals surface area contributed by atoms with Crippen LogP contribution in [0.2, 0.25) is 0 Å². The molecule has 5 nitrogen and oxygen atoms in total. The number of β-amino-alcohol motifs (C(OH)–C–C–N with tert-alkyl or cyclic N) is 1. The van der Waals surface area contributed by atoms with Crippen molar-refractivity contribution < 1.29 is 14.0 Å². The second-order valence-electron chi connectivity index (χ2n) is 5.36. The molecule has 1 N–H and O–H groups in total. The van der Waals surface area contributed by atoms with E-state index in [0.29, 0.717) is 23.8 Å². The molecule has 1 aromatic carbocycles. The first-order valence-electron chi connectivity index (χ1n) is 7.12. The van der Waals surface area contributed by atoms with Crippen LogP contribution in [0.1, 0.15) is 42.3 Å². The van der Waals surface area contributed by atoms with Crippen molar-refractivity contribution >= 4 is 0 Å². The fourth-order valence-electron chi connectivity index (χ4n) is 2.85. The first-order chi connectivity index (χ1) is 10.1. The van der Waals surface area contributed by atoms with E-state index in [1.54, 1.807) is 25.1 Å². The number of aromatic nitrogens is 2. The van der Waals surface area contributed by atoms with Gasteiger partial charge in [0.1, 0.15) is 5.82 Å². The van der Waals surface area contributed by atoms with Gasteiger partial charge in [0.05, 0.1) is 12.1 Å². The molecule has 0 saturated carbocycles. The SMILES string of the molecule is Cc1nc([C@@H]2CCCN2C[C@@H](O)c2ccccc2F)no1. The third-order valence-corrected chi connectivity index (χ3v) is 3.88. The normalized spacial score (nSPS) is 20.8. The van der Waals surface area contributed by atoms with Gasteiger partial charge in [-0.05, 0) is 25.5 Å². The lowest BCUT2D eigenvalue weighted by molar-refractivity contribution is 0.101. The third-order valence-electron chi connectivity index (χ3n) is 3.88. The fraction of sp³-hybridized carbons (Fsp3) is 0.467. The topological polar surface area (TPSA) is 62.4 Å². The zero-order valence-corrected chi connectivity index (χ0v) is 11.9. The van der Waals surface area contributed by atoms with Crippen molar-refractivity contribution in [2.45, 2.75) is 31.9 Å². The zero-order valence-electron chi connectivity index (χ0n) is 11.9. The Bertz CT molecular complexity index is 616. The number of halogens is 1. The number of aryl methyl sites for hydroxylation is 1. The summed E-state index contributed by atoms with van der Waals surface area (Å²) in [5.41, 5.74) is 0.326. The quantitative estimate of drug-likeness (QED) is 0.937. The maximum absolute atomic E-state index is 13.7. The van der Waals surface area contributed by atoms with Crippen LogP contribution in [0.5, 0.6) is 0 Å². The Morgan fingerprint density at radius 3 is 3.00 bits per heavy atom. The van der Waals surface area contributed by atoms with Crippen LogP contribution in [0, 0.1) is 12.7 Å². The molecule has 0 bridgehead atoms. The van der Waals surface area contributed by atoms with E-state index < -0.39 is 6.10 Å². The van der Waals surface area contributed by atoms with Crippen LogP contribution in [0.15, 0.2) is 28.8 Å². The molecule has 6 heteroatoms. The molecule has 1 aromatic heterocycles. The van der Waals surface area contributed by atoms with Gasteiger partial charge in [-0.1, -0.05) is 23.4 Å². The van der Waals surface area contributed by atoms with Crippen molar-refractivity contribution in [2.24, 2.45) is 0 Å². The van der Waals surface area contributed by atoms with Crippen LogP contribution < -0.4 is 0 Å². The summed E-state index contributed by atoms with van der Waals surface area (Å²) in [7, 11) is 0. The largest absolute Gasteiger partial charge is 0.387 e. The van der Waals surface area contributed by atoms with Crippen molar-refractivity contribution in [3.63, 3.8) is 0 Å². The minimum absolute atomic E-state index is 0.0314. The second-order valence-corrected chi connectivity index (χ2v) is 5.36.